The van der Waals surface area contributed by atoms with Crippen molar-refractivity contribution in [2.24, 2.45) is 0 Å². The number of anilines is 2. The normalized spacial score (nSPS) is 16.1. The number of benzene rings is 1. The van der Waals surface area contributed by atoms with Crippen LogP contribution in [0.5, 0.6) is 0 Å². The van der Waals surface area contributed by atoms with Crippen LogP contribution < -0.4 is 9.80 Å². The monoisotopic (exact) mass is 491 g/mol. The minimum Gasteiger partial charge on any atom is -0.356 e. The highest BCUT2D eigenvalue weighted by atomic mass is 35.5. The van der Waals surface area contributed by atoms with E-state index in [1.807, 2.05) is 0 Å². The predicted molar refractivity (Wildman–Crippen MR) is 120 cm³/mol. The predicted octanol–water partition coefficient (Wildman–Crippen LogP) is 4.78. The Hall–Kier alpha value is -3.47. The van der Waals surface area contributed by atoms with Crippen molar-refractivity contribution in [2.75, 3.05) is 30.4 Å². The van der Waals surface area contributed by atoms with Crippen LogP contribution in [0.1, 0.15) is 28.6 Å². The SMILES string of the molecule is CN(C)c1ncc(C2c3[nH]c4ccc(Cl)c(F)c4c3CCN2c2nccc(C(F)(F)F)n2)cn1. The van der Waals surface area contributed by atoms with Gasteiger partial charge in [-0.25, -0.2) is 24.3 Å². The van der Waals surface area contributed by atoms with E-state index in [0.29, 0.717) is 40.1 Å². The van der Waals surface area contributed by atoms with E-state index in [1.54, 1.807) is 42.4 Å². The molecule has 1 unspecified atom stereocenters. The standard InChI is InChI=1S/C22H18ClF4N7/c1-33(2)20-29-9-11(10-30-20)19-18-12(16-14(31-18)4-3-13(23)17(16)24)6-8-34(19)21-28-7-5-15(32-21)22(25,26)27/h3-5,7,9-10,19,31H,6,8H2,1-2H3. The first-order valence-corrected chi connectivity index (χ1v) is 10.7. The van der Waals surface area contributed by atoms with Crippen LogP contribution in [0.3, 0.4) is 0 Å². The third kappa shape index (κ3) is 3.69. The molecule has 3 aromatic heterocycles. The van der Waals surface area contributed by atoms with E-state index in [9.17, 15) is 17.6 Å². The van der Waals surface area contributed by atoms with Crippen molar-refractivity contribution in [3.63, 3.8) is 0 Å². The molecule has 0 fully saturated rings. The van der Waals surface area contributed by atoms with Gasteiger partial charge in [0.1, 0.15) is 11.7 Å². The minimum atomic E-state index is -4.62. The average Bonchev–Trinajstić information content (AvgIpc) is 3.20. The Bertz CT molecular complexity index is 1370. The number of alkyl halides is 3. The Labute approximate surface area is 196 Å². The molecule has 5 rings (SSSR count). The molecule has 0 aliphatic carbocycles. The molecule has 0 saturated carbocycles. The van der Waals surface area contributed by atoms with Gasteiger partial charge in [-0.1, -0.05) is 11.6 Å². The number of rotatable bonds is 3. The molecule has 0 spiro atoms. The Morgan fingerprint density at radius 2 is 1.85 bits per heavy atom. The van der Waals surface area contributed by atoms with Gasteiger partial charge in [0.05, 0.1) is 5.02 Å². The highest BCUT2D eigenvalue weighted by Crippen LogP contribution is 2.41. The number of hydrogen-bond acceptors (Lipinski definition) is 6. The first-order valence-electron chi connectivity index (χ1n) is 10.3. The van der Waals surface area contributed by atoms with Crippen molar-refractivity contribution in [1.82, 2.24) is 24.9 Å². The van der Waals surface area contributed by atoms with Gasteiger partial charge in [0.25, 0.3) is 0 Å². The van der Waals surface area contributed by atoms with Gasteiger partial charge in [0.15, 0.2) is 5.82 Å². The summed E-state index contributed by atoms with van der Waals surface area (Å²) in [6, 6.07) is 3.28. The van der Waals surface area contributed by atoms with Crippen molar-refractivity contribution in [3.8, 4) is 0 Å². The molecule has 12 heteroatoms. The van der Waals surface area contributed by atoms with Crippen LogP contribution in [-0.4, -0.2) is 45.6 Å². The second-order valence-corrected chi connectivity index (χ2v) is 8.50. The molecule has 0 saturated heterocycles. The van der Waals surface area contributed by atoms with Gasteiger partial charge in [-0.3, -0.25) is 0 Å². The first kappa shape index (κ1) is 22.3. The van der Waals surface area contributed by atoms with Crippen LogP contribution in [0.15, 0.2) is 36.8 Å². The van der Waals surface area contributed by atoms with E-state index in [2.05, 4.69) is 24.9 Å². The van der Waals surface area contributed by atoms with Crippen LogP contribution in [0.4, 0.5) is 29.5 Å². The van der Waals surface area contributed by atoms with Crippen LogP contribution in [0.2, 0.25) is 5.02 Å². The number of H-pyrrole nitrogens is 1. The lowest BCUT2D eigenvalue weighted by Crippen LogP contribution is -2.38. The molecular weight excluding hydrogens is 474 g/mol. The van der Waals surface area contributed by atoms with E-state index in [4.69, 9.17) is 11.6 Å². The minimum absolute atomic E-state index is 0.00633. The lowest BCUT2D eigenvalue weighted by Gasteiger charge is -2.36. The van der Waals surface area contributed by atoms with Crippen LogP contribution in [0.25, 0.3) is 10.9 Å². The fourth-order valence-corrected chi connectivity index (χ4v) is 4.38. The smallest absolute Gasteiger partial charge is 0.356 e. The third-order valence-electron chi connectivity index (χ3n) is 5.74. The van der Waals surface area contributed by atoms with Gasteiger partial charge in [-0.05, 0) is 30.2 Å². The van der Waals surface area contributed by atoms with Crippen molar-refractivity contribution < 1.29 is 17.6 Å². The van der Waals surface area contributed by atoms with Crippen LogP contribution >= 0.6 is 11.6 Å². The molecular formula is C22H18ClF4N7. The molecule has 1 aromatic carbocycles. The van der Waals surface area contributed by atoms with Crippen LogP contribution in [-0.2, 0) is 12.6 Å². The summed E-state index contributed by atoms with van der Waals surface area (Å²) < 4.78 is 55.0. The fraction of sp³-hybridized carbons (Fsp3) is 0.273. The topological polar surface area (TPSA) is 73.8 Å². The summed E-state index contributed by atoms with van der Waals surface area (Å²) in [4.78, 5) is 23.2. The number of hydrogen-bond donors (Lipinski definition) is 1. The van der Waals surface area contributed by atoms with Crippen LogP contribution in [0, 0.1) is 5.82 Å². The molecule has 0 bridgehead atoms. The summed E-state index contributed by atoms with van der Waals surface area (Å²) >= 11 is 6.02. The zero-order valence-corrected chi connectivity index (χ0v) is 18.8. The Morgan fingerprint density at radius 1 is 1.12 bits per heavy atom. The molecule has 1 N–H and O–H groups in total. The van der Waals surface area contributed by atoms with E-state index in [1.165, 1.54) is 6.07 Å². The maximum Gasteiger partial charge on any atom is 0.433 e. The van der Waals surface area contributed by atoms with Gasteiger partial charge in [0.2, 0.25) is 11.9 Å². The lowest BCUT2D eigenvalue weighted by molar-refractivity contribution is -0.141. The maximum absolute atomic E-state index is 14.9. The molecule has 176 valence electrons. The summed E-state index contributed by atoms with van der Waals surface area (Å²) in [7, 11) is 3.58. The largest absolute Gasteiger partial charge is 0.433 e. The van der Waals surface area contributed by atoms with Gasteiger partial charge in [-0.15, -0.1) is 0 Å². The second kappa shape index (κ2) is 8.08. The quantitative estimate of drug-likeness (QED) is 0.416. The number of nitrogens with one attached hydrogen (secondary N) is 1. The number of aromatic amines is 1. The number of fused-ring (bicyclic) bond motifs is 3. The Morgan fingerprint density at radius 3 is 2.53 bits per heavy atom. The average molecular weight is 492 g/mol. The number of halogens is 5. The van der Waals surface area contributed by atoms with Gasteiger partial charge < -0.3 is 14.8 Å². The molecule has 7 nitrogen and oxygen atoms in total. The highest BCUT2D eigenvalue weighted by Gasteiger charge is 2.37. The second-order valence-electron chi connectivity index (χ2n) is 8.10. The lowest BCUT2D eigenvalue weighted by atomic mass is 9.94. The fourth-order valence-electron chi connectivity index (χ4n) is 4.23. The number of nitrogens with zero attached hydrogens (tertiary/aromatic N) is 6. The van der Waals surface area contributed by atoms with Crippen molar-refractivity contribution >= 4 is 34.4 Å². The third-order valence-corrected chi connectivity index (χ3v) is 6.03. The molecule has 1 aliphatic heterocycles. The van der Waals surface area contributed by atoms with Crippen molar-refractivity contribution in [1.29, 1.82) is 0 Å². The molecule has 0 radical (unpaired) electrons. The van der Waals surface area contributed by atoms with E-state index < -0.39 is 23.7 Å². The molecule has 0 amide bonds. The zero-order valence-electron chi connectivity index (χ0n) is 18.0. The Balaban J connectivity index is 1.70. The summed E-state index contributed by atoms with van der Waals surface area (Å²) in [6.07, 6.45) is -0.00589. The molecule has 4 heterocycles. The summed E-state index contributed by atoms with van der Waals surface area (Å²) in [5.74, 6) is -0.172. The van der Waals surface area contributed by atoms with Crippen molar-refractivity contribution in [3.05, 3.63) is 70.1 Å². The maximum atomic E-state index is 14.9. The van der Waals surface area contributed by atoms with E-state index in [-0.39, 0.29) is 17.5 Å². The summed E-state index contributed by atoms with van der Waals surface area (Å²) in [5, 5.41) is 0.358. The van der Waals surface area contributed by atoms with Gasteiger partial charge >= 0.3 is 6.18 Å². The molecule has 1 atom stereocenters. The first-order chi connectivity index (χ1) is 16.1. The van der Waals surface area contributed by atoms with E-state index >= 15 is 0 Å². The van der Waals surface area contributed by atoms with Crippen molar-refractivity contribution in [2.45, 2.75) is 18.6 Å². The zero-order chi connectivity index (χ0) is 24.2. The molecule has 1 aliphatic rings. The Kier molecular flexibility index (Phi) is 5.31. The molecule has 4 aromatic rings. The van der Waals surface area contributed by atoms with Gasteiger partial charge in [-0.2, -0.15) is 13.2 Å². The molecule has 34 heavy (non-hydrogen) atoms. The highest BCUT2D eigenvalue weighted by molar-refractivity contribution is 6.31. The summed E-state index contributed by atoms with van der Waals surface area (Å²) in [5.41, 5.74) is 1.38. The van der Waals surface area contributed by atoms with E-state index in [0.717, 1.165) is 12.3 Å². The summed E-state index contributed by atoms with van der Waals surface area (Å²) in [6.45, 7) is 0.243. The van der Waals surface area contributed by atoms with Gasteiger partial charge in [0, 0.05) is 61.4 Å². The number of aromatic nitrogens is 5.